The Kier molecular flexibility index (Phi) is 5.27. The molecule has 0 aromatic carbocycles. The van der Waals surface area contributed by atoms with Gasteiger partial charge in [0, 0.05) is 0 Å². The molecule has 78 valence electrons. The van der Waals surface area contributed by atoms with Crippen LogP contribution in [0.2, 0.25) is 0 Å². The molecule has 0 N–H and O–H groups in total. The Hall–Kier alpha value is 0.860. The van der Waals surface area contributed by atoms with E-state index in [2.05, 4.69) is 40.8 Å². The van der Waals surface area contributed by atoms with E-state index in [1.807, 2.05) is 0 Å². The van der Waals surface area contributed by atoms with Gasteiger partial charge in [-0.2, -0.15) is 0 Å². The van der Waals surface area contributed by atoms with Crippen LogP contribution in [0.25, 0.3) is 0 Å². The van der Waals surface area contributed by atoms with Crippen LogP contribution in [0.1, 0.15) is 27.2 Å². The molecule has 0 amide bonds. The third kappa shape index (κ3) is 2.68. The first kappa shape index (κ1) is 12.9. The van der Waals surface area contributed by atoms with Gasteiger partial charge in [-0.15, -0.1) is 0 Å². The van der Waals surface area contributed by atoms with Crippen molar-refractivity contribution in [2.75, 3.05) is 38.5 Å². The van der Waals surface area contributed by atoms with E-state index in [0.717, 1.165) is 0 Å². The quantitative estimate of drug-likeness (QED) is 0.606. The summed E-state index contributed by atoms with van der Waals surface area (Å²) in [5.41, 5.74) is 0. The fourth-order valence-electron chi connectivity index (χ4n) is 2.13. The maximum absolute atomic E-state index is 2.63. The van der Waals surface area contributed by atoms with Crippen LogP contribution >= 0.6 is 13.9 Å². The van der Waals surface area contributed by atoms with E-state index < -0.39 is 13.9 Å². The van der Waals surface area contributed by atoms with Crippen LogP contribution in [0.4, 0.5) is 0 Å². The van der Waals surface area contributed by atoms with E-state index in [-0.39, 0.29) is 0 Å². The first-order chi connectivity index (χ1) is 5.43. The fraction of sp³-hybridized carbons (Fsp3) is 1.00. The molecule has 0 nitrogen and oxygen atoms in total. The van der Waals surface area contributed by atoms with Crippen LogP contribution in [0, 0.1) is 0 Å². The van der Waals surface area contributed by atoms with Crippen molar-refractivity contribution in [1.82, 2.24) is 0 Å². The van der Waals surface area contributed by atoms with E-state index in [9.17, 15) is 0 Å². The van der Waals surface area contributed by atoms with Crippen molar-refractivity contribution in [2.24, 2.45) is 0 Å². The van der Waals surface area contributed by atoms with Gasteiger partial charge in [0.25, 0.3) is 0 Å². The molecule has 0 fully saturated rings. The minimum absolute atomic E-state index is 0.807. The molecule has 0 aromatic rings. The Morgan fingerprint density at radius 2 is 1.25 bits per heavy atom. The van der Waals surface area contributed by atoms with Gasteiger partial charge in [-0.05, 0) is 0 Å². The van der Waals surface area contributed by atoms with Crippen LogP contribution in [0.15, 0.2) is 0 Å². The van der Waals surface area contributed by atoms with Gasteiger partial charge in [0.1, 0.15) is 0 Å². The van der Waals surface area contributed by atoms with E-state index in [0.29, 0.717) is 0 Å². The summed E-state index contributed by atoms with van der Waals surface area (Å²) in [7, 11) is 0. The van der Waals surface area contributed by atoms with Crippen molar-refractivity contribution in [1.29, 1.82) is 0 Å². The second-order valence-corrected chi connectivity index (χ2v) is 21.4. The van der Waals surface area contributed by atoms with Gasteiger partial charge in [0.2, 0.25) is 0 Å². The predicted molar refractivity (Wildman–Crippen MR) is 70.6 cm³/mol. The first-order valence-electron chi connectivity index (χ1n) is 5.43. The van der Waals surface area contributed by atoms with Crippen LogP contribution in [0.3, 0.4) is 0 Å². The molecule has 0 unspecified atom stereocenters. The molecular weight excluding hydrogens is 182 g/mol. The first-order valence-corrected chi connectivity index (χ1v) is 12.6. The van der Waals surface area contributed by atoms with Crippen molar-refractivity contribution >= 4 is 13.9 Å². The zero-order valence-corrected chi connectivity index (χ0v) is 11.8. The molecule has 0 saturated carbocycles. The summed E-state index contributed by atoms with van der Waals surface area (Å²) >= 11 is 0. The van der Waals surface area contributed by atoms with Crippen LogP contribution < -0.4 is 0 Å². The normalized spacial score (nSPS) is 16.2. The summed E-state index contributed by atoms with van der Waals surface area (Å²) in [6.45, 7) is 13.4. The molecule has 0 radical (unpaired) electrons. The predicted octanol–water partition coefficient (Wildman–Crippen LogP) is 3.74. The molecule has 0 aliphatic carbocycles. The summed E-state index contributed by atoms with van der Waals surface area (Å²) in [5, 5.41) is 0. The van der Waals surface area contributed by atoms with Crippen molar-refractivity contribution in [2.45, 2.75) is 27.2 Å². The van der Waals surface area contributed by atoms with Crippen molar-refractivity contribution in [3.8, 4) is 0 Å². The van der Waals surface area contributed by atoms with Gasteiger partial charge < -0.3 is 0 Å². The van der Waals surface area contributed by atoms with Crippen LogP contribution in [0.5, 0.6) is 0 Å². The van der Waals surface area contributed by atoms with Gasteiger partial charge in [0.05, 0.1) is 0 Å². The average molecular weight is 210 g/mol. The molecule has 0 atom stereocenters. The number of rotatable bonds is 5. The van der Waals surface area contributed by atoms with E-state index >= 15 is 0 Å². The third-order valence-corrected chi connectivity index (χ3v) is 24.9. The fourth-order valence-corrected chi connectivity index (χ4v) is 14.7. The maximum atomic E-state index is 2.63. The molecule has 0 spiro atoms. The molecule has 0 aliphatic rings. The molecular formula is C10H28P2. The molecule has 0 aliphatic heterocycles. The van der Waals surface area contributed by atoms with Crippen molar-refractivity contribution in [3.05, 3.63) is 0 Å². The Morgan fingerprint density at radius 1 is 0.833 bits per heavy atom. The van der Waals surface area contributed by atoms with Crippen LogP contribution in [-0.4, -0.2) is 38.5 Å². The van der Waals surface area contributed by atoms with Gasteiger partial charge >= 0.3 is 79.6 Å². The van der Waals surface area contributed by atoms with Crippen molar-refractivity contribution in [3.63, 3.8) is 0 Å². The van der Waals surface area contributed by atoms with Crippen LogP contribution in [-0.2, 0) is 0 Å². The van der Waals surface area contributed by atoms with Gasteiger partial charge in [0.15, 0.2) is 0 Å². The van der Waals surface area contributed by atoms with E-state index in [1.54, 1.807) is 6.16 Å². The summed E-state index contributed by atoms with van der Waals surface area (Å²) in [6.07, 6.45) is 5.96. The molecule has 0 bridgehead atoms. The summed E-state index contributed by atoms with van der Waals surface area (Å²) in [4.78, 5) is 0. The zero-order valence-electron chi connectivity index (χ0n) is 9.83. The summed E-state index contributed by atoms with van der Waals surface area (Å²) in [5.74, 6) is 0. The summed E-state index contributed by atoms with van der Waals surface area (Å²) in [6, 6.07) is 0. The molecule has 0 aromatic heterocycles. The van der Waals surface area contributed by atoms with E-state index in [4.69, 9.17) is 0 Å². The second-order valence-electron chi connectivity index (χ2n) is 4.90. The molecule has 0 heterocycles. The Balaban J connectivity index is 4.46. The number of hydrogen-bond donors (Lipinski definition) is 0. The standard InChI is InChI=1S/C10H28P2/c1-7-10-11(4,5)12(6,8-2)9-3/h11-12H,7-10H2,1-6H3. The topological polar surface area (TPSA) is 0 Å². The van der Waals surface area contributed by atoms with Gasteiger partial charge in [-0.1, -0.05) is 0 Å². The summed E-state index contributed by atoms with van der Waals surface area (Å²) < 4.78 is 0. The Morgan fingerprint density at radius 3 is 1.50 bits per heavy atom. The minimum atomic E-state index is -0.818. The second kappa shape index (κ2) is 4.92. The van der Waals surface area contributed by atoms with Gasteiger partial charge in [-0.3, -0.25) is 0 Å². The molecule has 12 heavy (non-hydrogen) atoms. The molecule has 2 heteroatoms. The van der Waals surface area contributed by atoms with E-state index in [1.165, 1.54) is 18.7 Å². The Labute approximate surface area is 80.1 Å². The number of hydrogen-bond acceptors (Lipinski definition) is 0. The molecule has 0 rings (SSSR count). The molecule has 0 saturated heterocycles. The Bertz CT molecular complexity index is 126. The average Bonchev–Trinajstić information content (AvgIpc) is 2.02. The monoisotopic (exact) mass is 210 g/mol. The van der Waals surface area contributed by atoms with Gasteiger partial charge in [-0.25, -0.2) is 0 Å². The zero-order chi connectivity index (χ0) is 9.83. The van der Waals surface area contributed by atoms with Crippen molar-refractivity contribution < 1.29 is 0 Å². The third-order valence-electron chi connectivity index (χ3n) is 4.07. The SMILES string of the molecule is CCC[PH](C)(C)[PH](C)(CC)CC.